The minimum absolute atomic E-state index is 0.0648. The Kier molecular flexibility index (Phi) is 6.06. The van der Waals surface area contributed by atoms with E-state index in [2.05, 4.69) is 24.0 Å². The van der Waals surface area contributed by atoms with E-state index in [9.17, 15) is 14.4 Å². The number of nitrogens with zero attached hydrogens (tertiary/aromatic N) is 2. The number of carboxylic acids is 1. The predicted octanol–water partition coefficient (Wildman–Crippen LogP) is 3.56. The third-order valence-corrected chi connectivity index (χ3v) is 6.25. The van der Waals surface area contributed by atoms with Crippen molar-refractivity contribution in [3.8, 4) is 11.8 Å². The SMILES string of the molecule is Cc1c(=O)n(Cc2ccc(C(=O)O)cc2)c(=O)n2cc(C#CCCc3ccccc3)sc12. The molecule has 32 heavy (non-hydrogen) atoms. The number of fused-ring (bicyclic) bond motifs is 1. The number of aromatic nitrogens is 2. The molecule has 4 aromatic rings. The van der Waals surface area contributed by atoms with Gasteiger partial charge in [0.1, 0.15) is 4.83 Å². The molecule has 7 heteroatoms. The lowest BCUT2D eigenvalue weighted by Gasteiger charge is -2.08. The van der Waals surface area contributed by atoms with Crippen LogP contribution >= 0.6 is 11.3 Å². The molecule has 0 aliphatic carbocycles. The van der Waals surface area contributed by atoms with Gasteiger partial charge in [-0.3, -0.25) is 13.8 Å². The Morgan fingerprint density at radius 2 is 1.75 bits per heavy atom. The molecule has 0 saturated heterocycles. The van der Waals surface area contributed by atoms with E-state index in [0.717, 1.165) is 15.9 Å². The number of hydrogen-bond donors (Lipinski definition) is 1. The zero-order valence-electron chi connectivity index (χ0n) is 17.4. The average molecular weight is 445 g/mol. The van der Waals surface area contributed by atoms with Crippen molar-refractivity contribution >= 4 is 22.1 Å². The number of carboxylic acid groups (broad SMARTS) is 1. The van der Waals surface area contributed by atoms with E-state index in [0.29, 0.717) is 22.4 Å². The van der Waals surface area contributed by atoms with Gasteiger partial charge in [-0.1, -0.05) is 54.3 Å². The zero-order valence-corrected chi connectivity index (χ0v) is 18.2. The molecule has 1 N–H and O–H groups in total. The first-order valence-corrected chi connectivity index (χ1v) is 10.9. The molecule has 0 bridgehead atoms. The quantitative estimate of drug-likeness (QED) is 0.477. The summed E-state index contributed by atoms with van der Waals surface area (Å²) in [6, 6.07) is 16.2. The lowest BCUT2D eigenvalue weighted by molar-refractivity contribution is 0.0697. The first-order valence-electron chi connectivity index (χ1n) is 10.0. The van der Waals surface area contributed by atoms with Gasteiger partial charge in [0.15, 0.2) is 0 Å². The highest BCUT2D eigenvalue weighted by atomic mass is 32.1. The van der Waals surface area contributed by atoms with Crippen molar-refractivity contribution in [3.63, 3.8) is 0 Å². The number of carbonyl (C=O) groups is 1. The fourth-order valence-corrected chi connectivity index (χ4v) is 4.36. The third kappa shape index (κ3) is 4.41. The Morgan fingerprint density at radius 3 is 2.44 bits per heavy atom. The maximum Gasteiger partial charge on any atom is 0.336 e. The smallest absolute Gasteiger partial charge is 0.336 e. The molecule has 160 valence electrons. The van der Waals surface area contributed by atoms with Crippen LogP contribution in [-0.4, -0.2) is 20.0 Å². The monoisotopic (exact) mass is 444 g/mol. The van der Waals surface area contributed by atoms with Crippen LogP contribution in [0.1, 0.15) is 38.3 Å². The highest BCUT2D eigenvalue weighted by Crippen LogP contribution is 2.17. The van der Waals surface area contributed by atoms with Gasteiger partial charge in [0.2, 0.25) is 0 Å². The van der Waals surface area contributed by atoms with Crippen molar-refractivity contribution in [1.82, 2.24) is 8.97 Å². The molecular weight excluding hydrogens is 424 g/mol. The predicted molar refractivity (Wildman–Crippen MR) is 125 cm³/mol. The normalized spacial score (nSPS) is 10.7. The van der Waals surface area contributed by atoms with E-state index < -0.39 is 11.7 Å². The Morgan fingerprint density at radius 1 is 1.03 bits per heavy atom. The van der Waals surface area contributed by atoms with Crippen LogP contribution in [0.4, 0.5) is 0 Å². The average Bonchev–Trinajstić information content (AvgIpc) is 3.24. The minimum atomic E-state index is -1.03. The molecule has 0 atom stereocenters. The maximum absolute atomic E-state index is 13.0. The van der Waals surface area contributed by atoms with Crippen LogP contribution in [-0.2, 0) is 13.0 Å². The van der Waals surface area contributed by atoms with E-state index in [1.165, 1.54) is 33.4 Å². The van der Waals surface area contributed by atoms with Crippen molar-refractivity contribution in [2.75, 3.05) is 0 Å². The Hall–Kier alpha value is -3.89. The zero-order chi connectivity index (χ0) is 22.7. The Bertz CT molecular complexity index is 1470. The maximum atomic E-state index is 13.0. The van der Waals surface area contributed by atoms with E-state index in [1.807, 2.05) is 18.2 Å². The lowest BCUT2D eigenvalue weighted by atomic mass is 10.1. The van der Waals surface area contributed by atoms with Gasteiger partial charge >= 0.3 is 11.7 Å². The Labute approximate surface area is 188 Å². The van der Waals surface area contributed by atoms with Gasteiger partial charge in [-0.05, 0) is 36.6 Å². The summed E-state index contributed by atoms with van der Waals surface area (Å²) in [5, 5.41) is 9.03. The van der Waals surface area contributed by atoms with Crippen LogP contribution in [0.3, 0.4) is 0 Å². The van der Waals surface area contributed by atoms with Crippen molar-refractivity contribution in [2.45, 2.75) is 26.3 Å². The van der Waals surface area contributed by atoms with E-state index in [1.54, 1.807) is 25.3 Å². The van der Waals surface area contributed by atoms with Crippen LogP contribution in [0.2, 0.25) is 0 Å². The summed E-state index contributed by atoms with van der Waals surface area (Å²) in [6.45, 7) is 1.76. The van der Waals surface area contributed by atoms with Gasteiger partial charge in [0.25, 0.3) is 5.56 Å². The highest BCUT2D eigenvalue weighted by molar-refractivity contribution is 7.18. The van der Waals surface area contributed by atoms with Crippen LogP contribution < -0.4 is 11.2 Å². The number of thiazole rings is 1. The fraction of sp³-hybridized carbons (Fsp3) is 0.160. The van der Waals surface area contributed by atoms with E-state index >= 15 is 0 Å². The van der Waals surface area contributed by atoms with Gasteiger partial charge in [-0.25, -0.2) is 9.59 Å². The van der Waals surface area contributed by atoms with Crippen molar-refractivity contribution in [1.29, 1.82) is 0 Å². The molecule has 0 radical (unpaired) electrons. The number of benzene rings is 2. The molecule has 0 unspecified atom stereocenters. The van der Waals surface area contributed by atoms with Crippen LogP contribution in [0.15, 0.2) is 70.4 Å². The third-order valence-electron chi connectivity index (χ3n) is 5.13. The van der Waals surface area contributed by atoms with Crippen LogP contribution in [0.25, 0.3) is 4.83 Å². The van der Waals surface area contributed by atoms with Crippen LogP contribution in [0, 0.1) is 18.8 Å². The number of rotatable bonds is 5. The molecule has 6 nitrogen and oxygen atoms in total. The highest BCUT2D eigenvalue weighted by Gasteiger charge is 2.14. The van der Waals surface area contributed by atoms with Gasteiger partial charge in [0.05, 0.1) is 17.0 Å². The van der Waals surface area contributed by atoms with Crippen LogP contribution in [0.5, 0.6) is 0 Å². The largest absolute Gasteiger partial charge is 0.478 e. The van der Waals surface area contributed by atoms with Crippen molar-refractivity contribution in [3.05, 3.63) is 109 Å². The van der Waals surface area contributed by atoms with E-state index in [4.69, 9.17) is 5.11 Å². The summed E-state index contributed by atoms with van der Waals surface area (Å²) in [6.07, 6.45) is 3.22. The second-order valence-corrected chi connectivity index (χ2v) is 8.39. The topological polar surface area (TPSA) is 80.8 Å². The standard InChI is InChI=1S/C25H20N2O4S/c1-17-22(28)26(15-19-11-13-20(14-12-19)24(29)30)25(31)27-16-21(32-23(17)27)10-6-5-9-18-7-3-2-4-8-18/h2-4,7-8,11-14,16H,5,9,15H2,1H3,(H,29,30). The molecule has 0 aliphatic rings. The first kappa shape index (κ1) is 21.3. The molecule has 0 aliphatic heterocycles. The summed E-state index contributed by atoms with van der Waals surface area (Å²) in [4.78, 5) is 38.2. The second kappa shape index (κ2) is 9.08. The molecule has 0 spiro atoms. The van der Waals surface area contributed by atoms with Gasteiger partial charge < -0.3 is 5.11 Å². The first-order chi connectivity index (χ1) is 15.4. The molecule has 2 aromatic heterocycles. The minimum Gasteiger partial charge on any atom is -0.478 e. The van der Waals surface area contributed by atoms with Gasteiger partial charge in [-0.15, -0.1) is 11.3 Å². The Balaban J connectivity index is 1.61. The van der Waals surface area contributed by atoms with Crippen molar-refractivity contribution < 1.29 is 9.90 Å². The van der Waals surface area contributed by atoms with Gasteiger partial charge in [-0.2, -0.15) is 0 Å². The molecular formula is C25H20N2O4S. The molecule has 0 saturated carbocycles. The summed E-state index contributed by atoms with van der Waals surface area (Å²) in [7, 11) is 0. The lowest BCUT2D eigenvalue weighted by Crippen LogP contribution is -2.38. The van der Waals surface area contributed by atoms with E-state index in [-0.39, 0.29) is 17.7 Å². The summed E-state index contributed by atoms with van der Waals surface area (Å²) in [5.41, 5.74) is 1.73. The van der Waals surface area contributed by atoms with Crippen molar-refractivity contribution in [2.24, 2.45) is 0 Å². The fourth-order valence-electron chi connectivity index (χ4n) is 3.40. The molecule has 0 fully saturated rings. The molecule has 2 aromatic carbocycles. The molecule has 0 amide bonds. The number of hydrogen-bond acceptors (Lipinski definition) is 4. The summed E-state index contributed by atoms with van der Waals surface area (Å²) >= 11 is 1.33. The summed E-state index contributed by atoms with van der Waals surface area (Å²) < 4.78 is 2.63. The number of aryl methyl sites for hydroxylation is 2. The number of aromatic carboxylic acids is 1. The van der Waals surface area contributed by atoms with Gasteiger partial charge in [0, 0.05) is 18.2 Å². The summed E-state index contributed by atoms with van der Waals surface area (Å²) in [5.74, 6) is 5.23. The molecule has 2 heterocycles. The second-order valence-electron chi connectivity index (χ2n) is 7.36. The molecule has 4 rings (SSSR count).